The molecule has 0 atom stereocenters. The van der Waals surface area contributed by atoms with Gasteiger partial charge in [-0.15, -0.1) is 0 Å². The second-order valence-corrected chi connectivity index (χ2v) is 7.41. The molecule has 0 bridgehead atoms. The molecule has 0 aliphatic rings. The molecular formula is C23H45NO. The van der Waals surface area contributed by atoms with Crippen LogP contribution in [0.4, 0.5) is 0 Å². The van der Waals surface area contributed by atoms with Gasteiger partial charge in [-0.2, -0.15) is 0 Å². The van der Waals surface area contributed by atoms with Gasteiger partial charge in [-0.05, 0) is 19.3 Å². The summed E-state index contributed by atoms with van der Waals surface area (Å²) in [6.45, 7) is 5.16. The number of hydrogen-bond acceptors (Lipinski definition) is 1. The standard InChI is InChI=1S/C23H45NO/c1-3-5-6-7-8-9-10-11-12-13-14-15-16-17-18-19-20-21-23(25)24-22-4-2/h19-20H,3-18,21-22H2,1-2H3,(H,24,25)/b20-19-. The molecule has 0 aromatic rings. The van der Waals surface area contributed by atoms with E-state index in [4.69, 9.17) is 0 Å². The summed E-state index contributed by atoms with van der Waals surface area (Å²) in [5.74, 6) is 0.152. The average molecular weight is 352 g/mol. The van der Waals surface area contributed by atoms with Crippen LogP contribution in [0.15, 0.2) is 12.2 Å². The molecule has 0 aliphatic heterocycles. The Labute approximate surface area is 158 Å². The average Bonchev–Trinajstić information content (AvgIpc) is 2.62. The Morgan fingerprint density at radius 2 is 1.12 bits per heavy atom. The van der Waals surface area contributed by atoms with Crippen LogP contribution < -0.4 is 5.32 Å². The molecule has 0 saturated carbocycles. The molecule has 0 aromatic carbocycles. The maximum Gasteiger partial charge on any atom is 0.223 e. The van der Waals surface area contributed by atoms with Gasteiger partial charge >= 0.3 is 0 Å². The minimum atomic E-state index is 0.152. The van der Waals surface area contributed by atoms with Crippen LogP contribution in [0.3, 0.4) is 0 Å². The highest BCUT2D eigenvalue weighted by Gasteiger charge is 1.95. The molecule has 0 saturated heterocycles. The molecule has 2 heteroatoms. The zero-order valence-corrected chi connectivity index (χ0v) is 17.3. The van der Waals surface area contributed by atoms with E-state index in [1.165, 1.54) is 89.9 Å². The van der Waals surface area contributed by atoms with Crippen molar-refractivity contribution in [2.75, 3.05) is 6.54 Å². The smallest absolute Gasteiger partial charge is 0.223 e. The Bertz CT molecular complexity index is 298. The van der Waals surface area contributed by atoms with Crippen molar-refractivity contribution in [2.45, 2.75) is 123 Å². The van der Waals surface area contributed by atoms with Gasteiger partial charge in [-0.1, -0.05) is 109 Å². The lowest BCUT2D eigenvalue weighted by molar-refractivity contribution is -0.120. The van der Waals surface area contributed by atoms with Crippen LogP contribution in [-0.4, -0.2) is 12.5 Å². The third-order valence-electron chi connectivity index (χ3n) is 4.77. The quantitative estimate of drug-likeness (QED) is 0.191. The zero-order chi connectivity index (χ0) is 18.4. The van der Waals surface area contributed by atoms with Crippen LogP contribution in [-0.2, 0) is 4.79 Å². The molecule has 0 heterocycles. The first-order chi connectivity index (χ1) is 12.3. The first kappa shape index (κ1) is 24.2. The molecule has 2 nitrogen and oxygen atoms in total. The van der Waals surface area contributed by atoms with Gasteiger partial charge in [0.2, 0.25) is 5.91 Å². The summed E-state index contributed by atoms with van der Waals surface area (Å²) in [7, 11) is 0. The third-order valence-corrected chi connectivity index (χ3v) is 4.77. The predicted octanol–water partition coefficient (Wildman–Crippen LogP) is 7.33. The SMILES string of the molecule is CCCCCCCCCCCCCCCC/C=C\CC(=O)NCCC. The molecule has 0 spiro atoms. The highest BCUT2D eigenvalue weighted by molar-refractivity contribution is 5.77. The number of unbranched alkanes of at least 4 members (excludes halogenated alkanes) is 14. The summed E-state index contributed by atoms with van der Waals surface area (Å²) in [6.07, 6.45) is 26.6. The molecule has 148 valence electrons. The summed E-state index contributed by atoms with van der Waals surface area (Å²) in [6, 6.07) is 0. The van der Waals surface area contributed by atoms with E-state index in [1.807, 2.05) is 6.08 Å². The van der Waals surface area contributed by atoms with Crippen LogP contribution in [0.2, 0.25) is 0 Å². The lowest BCUT2D eigenvalue weighted by Crippen LogP contribution is -2.22. The normalized spacial score (nSPS) is 11.3. The number of rotatable bonds is 19. The van der Waals surface area contributed by atoms with Crippen LogP contribution >= 0.6 is 0 Å². The molecule has 0 radical (unpaired) electrons. The van der Waals surface area contributed by atoms with E-state index < -0.39 is 0 Å². The Hall–Kier alpha value is -0.790. The Morgan fingerprint density at radius 3 is 1.60 bits per heavy atom. The minimum absolute atomic E-state index is 0.152. The van der Waals surface area contributed by atoms with Gasteiger partial charge in [-0.3, -0.25) is 4.79 Å². The van der Waals surface area contributed by atoms with Crippen molar-refractivity contribution in [3.05, 3.63) is 12.2 Å². The van der Waals surface area contributed by atoms with Crippen molar-refractivity contribution in [3.63, 3.8) is 0 Å². The van der Waals surface area contributed by atoms with Crippen LogP contribution in [0, 0.1) is 0 Å². The molecule has 0 aromatic heterocycles. The molecule has 1 N–H and O–H groups in total. The Kier molecular flexibility index (Phi) is 20.6. The summed E-state index contributed by atoms with van der Waals surface area (Å²) in [5, 5.41) is 2.90. The van der Waals surface area contributed by atoms with E-state index in [0.717, 1.165) is 19.4 Å². The van der Waals surface area contributed by atoms with E-state index in [2.05, 4.69) is 25.2 Å². The first-order valence-corrected chi connectivity index (χ1v) is 11.2. The fourth-order valence-electron chi connectivity index (χ4n) is 3.10. The van der Waals surface area contributed by atoms with Crippen LogP contribution in [0.25, 0.3) is 0 Å². The lowest BCUT2D eigenvalue weighted by atomic mass is 10.0. The molecule has 0 aliphatic carbocycles. The third kappa shape index (κ3) is 21.2. The number of carbonyl (C=O) groups excluding carboxylic acids is 1. The van der Waals surface area contributed by atoms with Gasteiger partial charge in [0, 0.05) is 13.0 Å². The van der Waals surface area contributed by atoms with Crippen molar-refractivity contribution in [1.29, 1.82) is 0 Å². The summed E-state index contributed by atoms with van der Waals surface area (Å²) in [4.78, 5) is 11.4. The molecule has 25 heavy (non-hydrogen) atoms. The van der Waals surface area contributed by atoms with E-state index in [1.54, 1.807) is 0 Å². The van der Waals surface area contributed by atoms with E-state index in [-0.39, 0.29) is 5.91 Å². The van der Waals surface area contributed by atoms with Crippen molar-refractivity contribution in [2.24, 2.45) is 0 Å². The molecule has 0 fully saturated rings. The number of allylic oxidation sites excluding steroid dienone is 1. The monoisotopic (exact) mass is 351 g/mol. The second kappa shape index (κ2) is 21.3. The van der Waals surface area contributed by atoms with Crippen molar-refractivity contribution in [1.82, 2.24) is 5.32 Å². The number of carbonyl (C=O) groups is 1. The summed E-state index contributed by atoms with van der Waals surface area (Å²) >= 11 is 0. The molecular weight excluding hydrogens is 306 g/mol. The van der Waals surface area contributed by atoms with E-state index in [9.17, 15) is 4.79 Å². The van der Waals surface area contributed by atoms with Gasteiger partial charge < -0.3 is 5.32 Å². The summed E-state index contributed by atoms with van der Waals surface area (Å²) in [5.41, 5.74) is 0. The Balaban J connectivity index is 3.12. The minimum Gasteiger partial charge on any atom is -0.356 e. The molecule has 0 rings (SSSR count). The lowest BCUT2D eigenvalue weighted by Gasteiger charge is -2.03. The zero-order valence-electron chi connectivity index (χ0n) is 17.3. The van der Waals surface area contributed by atoms with Gasteiger partial charge in [0.1, 0.15) is 0 Å². The molecule has 0 unspecified atom stereocenters. The van der Waals surface area contributed by atoms with Crippen molar-refractivity contribution < 1.29 is 4.79 Å². The van der Waals surface area contributed by atoms with Gasteiger partial charge in [0.05, 0.1) is 0 Å². The van der Waals surface area contributed by atoms with Gasteiger partial charge in [-0.25, -0.2) is 0 Å². The highest BCUT2D eigenvalue weighted by atomic mass is 16.1. The fourth-order valence-corrected chi connectivity index (χ4v) is 3.10. The second-order valence-electron chi connectivity index (χ2n) is 7.41. The maximum absolute atomic E-state index is 11.4. The largest absolute Gasteiger partial charge is 0.356 e. The number of nitrogens with one attached hydrogen (secondary N) is 1. The Morgan fingerprint density at radius 1 is 0.640 bits per heavy atom. The van der Waals surface area contributed by atoms with Crippen LogP contribution in [0.1, 0.15) is 123 Å². The predicted molar refractivity (Wildman–Crippen MR) is 112 cm³/mol. The number of hydrogen-bond donors (Lipinski definition) is 1. The number of amides is 1. The maximum atomic E-state index is 11.4. The van der Waals surface area contributed by atoms with E-state index >= 15 is 0 Å². The fraction of sp³-hybridized carbons (Fsp3) is 0.870. The molecule has 1 amide bonds. The van der Waals surface area contributed by atoms with Crippen molar-refractivity contribution in [3.8, 4) is 0 Å². The van der Waals surface area contributed by atoms with Crippen molar-refractivity contribution >= 4 is 5.91 Å². The highest BCUT2D eigenvalue weighted by Crippen LogP contribution is 2.13. The van der Waals surface area contributed by atoms with Crippen LogP contribution in [0.5, 0.6) is 0 Å². The summed E-state index contributed by atoms with van der Waals surface area (Å²) < 4.78 is 0. The first-order valence-electron chi connectivity index (χ1n) is 11.2. The van der Waals surface area contributed by atoms with Gasteiger partial charge in [0.25, 0.3) is 0 Å². The topological polar surface area (TPSA) is 29.1 Å². The van der Waals surface area contributed by atoms with Gasteiger partial charge in [0.15, 0.2) is 0 Å². The van der Waals surface area contributed by atoms with E-state index in [0.29, 0.717) is 6.42 Å².